The normalized spacial score (nSPS) is 27.2. The summed E-state index contributed by atoms with van der Waals surface area (Å²) in [5.41, 5.74) is 5.53. The van der Waals surface area contributed by atoms with Crippen LogP contribution in [-0.4, -0.2) is 4.98 Å². The van der Waals surface area contributed by atoms with E-state index < -0.39 is 17.3 Å². The van der Waals surface area contributed by atoms with Crippen molar-refractivity contribution >= 4 is 11.1 Å². The molecular formula is C15H17F3N2O. The Kier molecular flexibility index (Phi) is 3.24. The van der Waals surface area contributed by atoms with Gasteiger partial charge in [0, 0.05) is 0 Å². The zero-order valence-electron chi connectivity index (χ0n) is 11.7. The van der Waals surface area contributed by atoms with Crippen LogP contribution >= 0.6 is 0 Å². The van der Waals surface area contributed by atoms with Gasteiger partial charge in [0.2, 0.25) is 5.89 Å². The minimum absolute atomic E-state index is 0.211. The lowest BCUT2D eigenvalue weighted by Gasteiger charge is -2.33. The second kappa shape index (κ2) is 4.73. The van der Waals surface area contributed by atoms with Gasteiger partial charge in [-0.25, -0.2) is 4.98 Å². The van der Waals surface area contributed by atoms with Crippen LogP contribution < -0.4 is 5.73 Å². The molecule has 0 spiro atoms. The van der Waals surface area contributed by atoms with Crippen molar-refractivity contribution < 1.29 is 17.6 Å². The Morgan fingerprint density at radius 2 is 1.95 bits per heavy atom. The van der Waals surface area contributed by atoms with Gasteiger partial charge in [0.05, 0.1) is 11.1 Å². The molecular weight excluding hydrogens is 281 g/mol. The van der Waals surface area contributed by atoms with Crippen molar-refractivity contribution in [2.24, 2.45) is 11.7 Å². The van der Waals surface area contributed by atoms with Gasteiger partial charge in [0.1, 0.15) is 5.52 Å². The summed E-state index contributed by atoms with van der Waals surface area (Å²) in [6.45, 7) is 2.17. The molecule has 0 atom stereocenters. The zero-order chi connectivity index (χ0) is 15.3. The molecule has 1 aromatic heterocycles. The fraction of sp³-hybridized carbons (Fsp3) is 0.533. The number of halogens is 3. The van der Waals surface area contributed by atoms with E-state index in [1.165, 1.54) is 6.07 Å². The summed E-state index contributed by atoms with van der Waals surface area (Å²) in [6.07, 6.45) is -0.944. The SMILES string of the molecule is CC1CCC(N)(c2nc3cc(C(F)(F)F)ccc3o2)CC1. The maximum Gasteiger partial charge on any atom is 0.416 e. The Bertz CT molecular complexity index is 654. The average Bonchev–Trinajstić information content (AvgIpc) is 2.85. The third-order valence-corrected chi connectivity index (χ3v) is 4.31. The number of aromatic nitrogens is 1. The Morgan fingerprint density at radius 1 is 1.29 bits per heavy atom. The van der Waals surface area contributed by atoms with Crippen molar-refractivity contribution in [3.05, 3.63) is 29.7 Å². The summed E-state index contributed by atoms with van der Waals surface area (Å²) in [5.74, 6) is 0.964. The minimum atomic E-state index is -4.38. The fourth-order valence-electron chi connectivity index (χ4n) is 2.81. The number of nitrogens with two attached hydrogens (primary N) is 1. The van der Waals surface area contributed by atoms with E-state index in [-0.39, 0.29) is 5.52 Å². The molecule has 0 amide bonds. The van der Waals surface area contributed by atoms with E-state index in [4.69, 9.17) is 10.2 Å². The van der Waals surface area contributed by atoms with E-state index in [0.29, 0.717) is 17.4 Å². The van der Waals surface area contributed by atoms with Gasteiger partial charge in [-0.2, -0.15) is 13.2 Å². The van der Waals surface area contributed by atoms with Crippen LogP contribution in [0.1, 0.15) is 44.1 Å². The first-order valence-electron chi connectivity index (χ1n) is 7.05. The number of benzene rings is 1. The number of alkyl halides is 3. The molecule has 21 heavy (non-hydrogen) atoms. The first kappa shape index (κ1) is 14.4. The predicted molar refractivity (Wildman–Crippen MR) is 72.5 cm³/mol. The van der Waals surface area contributed by atoms with Gasteiger partial charge < -0.3 is 10.2 Å². The molecule has 0 bridgehead atoms. The Morgan fingerprint density at radius 3 is 2.57 bits per heavy atom. The number of hydrogen-bond donors (Lipinski definition) is 1. The van der Waals surface area contributed by atoms with Crippen molar-refractivity contribution in [3.8, 4) is 0 Å². The van der Waals surface area contributed by atoms with Crippen LogP contribution in [0.25, 0.3) is 11.1 Å². The van der Waals surface area contributed by atoms with Crippen molar-refractivity contribution in [2.75, 3.05) is 0 Å². The monoisotopic (exact) mass is 298 g/mol. The van der Waals surface area contributed by atoms with Gasteiger partial charge in [-0.15, -0.1) is 0 Å². The van der Waals surface area contributed by atoms with Crippen LogP contribution in [-0.2, 0) is 11.7 Å². The molecule has 2 N–H and O–H groups in total. The van der Waals surface area contributed by atoms with Crippen LogP contribution in [0.5, 0.6) is 0 Å². The minimum Gasteiger partial charge on any atom is -0.439 e. The maximum atomic E-state index is 12.7. The summed E-state index contributed by atoms with van der Waals surface area (Å²) >= 11 is 0. The summed E-state index contributed by atoms with van der Waals surface area (Å²) in [5, 5.41) is 0. The van der Waals surface area contributed by atoms with Gasteiger partial charge in [0.15, 0.2) is 5.58 Å². The van der Waals surface area contributed by atoms with Crippen LogP contribution in [0, 0.1) is 5.92 Å². The Balaban J connectivity index is 1.98. The van der Waals surface area contributed by atoms with E-state index in [0.717, 1.165) is 37.8 Å². The standard InChI is InChI=1S/C15H17F3N2O/c1-9-4-6-14(19,7-5-9)13-20-11-8-10(15(16,17)18)2-3-12(11)21-13/h2-3,8-9H,4-7,19H2,1H3. The molecule has 2 aromatic rings. The molecule has 1 aliphatic rings. The second-order valence-electron chi connectivity index (χ2n) is 6.04. The van der Waals surface area contributed by atoms with Gasteiger partial charge in [-0.1, -0.05) is 6.92 Å². The predicted octanol–water partition coefficient (Wildman–Crippen LogP) is 4.21. The summed E-state index contributed by atoms with van der Waals surface area (Å²) in [7, 11) is 0. The molecule has 1 saturated carbocycles. The van der Waals surface area contributed by atoms with Crippen LogP contribution in [0.15, 0.2) is 22.6 Å². The van der Waals surface area contributed by atoms with Gasteiger partial charge >= 0.3 is 6.18 Å². The molecule has 3 nitrogen and oxygen atoms in total. The smallest absolute Gasteiger partial charge is 0.416 e. The molecule has 0 radical (unpaired) electrons. The van der Waals surface area contributed by atoms with Crippen LogP contribution in [0.4, 0.5) is 13.2 Å². The van der Waals surface area contributed by atoms with Crippen molar-refractivity contribution in [2.45, 2.75) is 44.3 Å². The van der Waals surface area contributed by atoms with Crippen molar-refractivity contribution in [1.29, 1.82) is 0 Å². The highest BCUT2D eigenvalue weighted by molar-refractivity contribution is 5.73. The molecule has 1 aliphatic carbocycles. The molecule has 0 saturated heterocycles. The first-order valence-corrected chi connectivity index (χ1v) is 7.05. The molecule has 114 valence electrons. The molecule has 0 unspecified atom stereocenters. The third kappa shape index (κ3) is 2.64. The topological polar surface area (TPSA) is 52.0 Å². The highest BCUT2D eigenvalue weighted by Gasteiger charge is 2.37. The van der Waals surface area contributed by atoms with E-state index in [2.05, 4.69) is 11.9 Å². The Labute approximate surface area is 120 Å². The van der Waals surface area contributed by atoms with Crippen molar-refractivity contribution in [3.63, 3.8) is 0 Å². The second-order valence-corrected chi connectivity index (χ2v) is 6.04. The maximum absolute atomic E-state index is 12.7. The number of fused-ring (bicyclic) bond motifs is 1. The average molecular weight is 298 g/mol. The van der Waals surface area contributed by atoms with E-state index in [1.807, 2.05) is 0 Å². The Hall–Kier alpha value is -1.56. The fourth-order valence-corrected chi connectivity index (χ4v) is 2.81. The number of rotatable bonds is 1. The highest BCUT2D eigenvalue weighted by Crippen LogP contribution is 2.38. The lowest BCUT2D eigenvalue weighted by atomic mass is 9.78. The lowest BCUT2D eigenvalue weighted by molar-refractivity contribution is -0.137. The first-order chi connectivity index (χ1) is 9.78. The summed E-state index contributed by atoms with van der Waals surface area (Å²) < 4.78 is 43.7. The summed E-state index contributed by atoms with van der Waals surface area (Å²) in [4.78, 5) is 4.22. The number of oxazole rings is 1. The summed E-state index contributed by atoms with van der Waals surface area (Å²) in [6, 6.07) is 3.32. The number of nitrogens with zero attached hydrogens (tertiary/aromatic N) is 1. The molecule has 1 heterocycles. The largest absolute Gasteiger partial charge is 0.439 e. The van der Waals surface area contributed by atoms with Crippen LogP contribution in [0.2, 0.25) is 0 Å². The van der Waals surface area contributed by atoms with Gasteiger partial charge in [-0.3, -0.25) is 0 Å². The molecule has 6 heteroatoms. The quantitative estimate of drug-likeness (QED) is 0.858. The van der Waals surface area contributed by atoms with E-state index in [1.54, 1.807) is 0 Å². The van der Waals surface area contributed by atoms with Gasteiger partial charge in [0.25, 0.3) is 0 Å². The third-order valence-electron chi connectivity index (χ3n) is 4.31. The van der Waals surface area contributed by atoms with E-state index >= 15 is 0 Å². The van der Waals surface area contributed by atoms with Gasteiger partial charge in [-0.05, 0) is 49.8 Å². The molecule has 1 fully saturated rings. The van der Waals surface area contributed by atoms with E-state index in [9.17, 15) is 13.2 Å². The molecule has 3 rings (SSSR count). The van der Waals surface area contributed by atoms with Crippen molar-refractivity contribution in [1.82, 2.24) is 4.98 Å². The number of hydrogen-bond acceptors (Lipinski definition) is 3. The molecule has 0 aliphatic heterocycles. The zero-order valence-corrected chi connectivity index (χ0v) is 11.7. The highest BCUT2D eigenvalue weighted by atomic mass is 19.4. The molecule has 1 aromatic carbocycles. The van der Waals surface area contributed by atoms with Crippen LogP contribution in [0.3, 0.4) is 0 Å². The lowest BCUT2D eigenvalue weighted by Crippen LogP contribution is -2.40.